The number of hydrogen-bond acceptors (Lipinski definition) is 10. The van der Waals surface area contributed by atoms with Crippen molar-refractivity contribution in [2.75, 3.05) is 30.9 Å². The number of anilines is 2. The van der Waals surface area contributed by atoms with Gasteiger partial charge in [-0.25, -0.2) is 18.1 Å². The van der Waals surface area contributed by atoms with Crippen molar-refractivity contribution in [1.29, 1.82) is 0 Å². The zero-order valence-corrected chi connectivity index (χ0v) is 24.2. The van der Waals surface area contributed by atoms with E-state index in [0.717, 1.165) is 10.8 Å². The van der Waals surface area contributed by atoms with Crippen LogP contribution in [0.3, 0.4) is 0 Å². The standard InChI is InChI=1S/C30H32N4O7S/c1-4-38-25-17-20(8-11-23(25)41-18(2)3)27(33-21-9-10-22-19(16-21)12-13-32-29(22)31)30(35)34-42(36,37)26-7-5-6-24-28(26)40-15-14-39-24/h5-13,16-18,27,33H,4,14-15H2,1-3H3,(H2,31,32)(H,34,35). The molecule has 0 spiro atoms. The van der Waals surface area contributed by atoms with Crippen molar-refractivity contribution < 1.29 is 32.2 Å². The van der Waals surface area contributed by atoms with Crippen molar-refractivity contribution in [1.82, 2.24) is 9.71 Å². The molecule has 4 N–H and O–H groups in total. The summed E-state index contributed by atoms with van der Waals surface area (Å²) >= 11 is 0. The van der Waals surface area contributed by atoms with Crippen LogP contribution in [0.5, 0.6) is 23.0 Å². The Morgan fingerprint density at radius 2 is 1.86 bits per heavy atom. The van der Waals surface area contributed by atoms with Crippen molar-refractivity contribution in [3.63, 3.8) is 0 Å². The normalized spacial score (nSPS) is 13.4. The quantitative estimate of drug-likeness (QED) is 0.241. The maximum Gasteiger partial charge on any atom is 0.267 e. The van der Waals surface area contributed by atoms with E-state index in [2.05, 4.69) is 15.0 Å². The first-order chi connectivity index (χ1) is 20.2. The van der Waals surface area contributed by atoms with E-state index < -0.39 is 22.0 Å². The summed E-state index contributed by atoms with van der Waals surface area (Å²) in [6.45, 7) is 6.46. The van der Waals surface area contributed by atoms with Gasteiger partial charge in [-0.15, -0.1) is 0 Å². The van der Waals surface area contributed by atoms with E-state index in [-0.39, 0.29) is 23.4 Å². The first kappa shape index (κ1) is 28.8. The minimum Gasteiger partial charge on any atom is -0.490 e. The van der Waals surface area contributed by atoms with Gasteiger partial charge in [0, 0.05) is 17.3 Å². The molecule has 0 saturated carbocycles. The number of nitrogens with zero attached hydrogens (tertiary/aromatic N) is 1. The summed E-state index contributed by atoms with van der Waals surface area (Å²) in [5.74, 6) is 0.828. The molecule has 1 amide bonds. The molecule has 4 aromatic rings. The highest BCUT2D eigenvalue weighted by molar-refractivity contribution is 7.90. The van der Waals surface area contributed by atoms with E-state index in [1.54, 1.807) is 54.7 Å². The van der Waals surface area contributed by atoms with Gasteiger partial charge in [0.1, 0.15) is 30.0 Å². The summed E-state index contributed by atoms with van der Waals surface area (Å²) < 4.78 is 52.0. The van der Waals surface area contributed by atoms with E-state index in [9.17, 15) is 13.2 Å². The number of hydrogen-bond donors (Lipinski definition) is 3. The lowest BCUT2D eigenvalue weighted by molar-refractivity contribution is -0.120. The maximum absolute atomic E-state index is 13.8. The summed E-state index contributed by atoms with van der Waals surface area (Å²) in [4.78, 5) is 17.7. The molecule has 1 aliphatic rings. The molecule has 42 heavy (non-hydrogen) atoms. The molecule has 0 saturated heterocycles. The van der Waals surface area contributed by atoms with Crippen LogP contribution in [0, 0.1) is 0 Å². The van der Waals surface area contributed by atoms with E-state index in [1.165, 1.54) is 12.1 Å². The lowest BCUT2D eigenvalue weighted by Gasteiger charge is -2.23. The predicted molar refractivity (Wildman–Crippen MR) is 159 cm³/mol. The Bertz CT molecular complexity index is 1730. The van der Waals surface area contributed by atoms with Gasteiger partial charge >= 0.3 is 0 Å². The first-order valence-corrected chi connectivity index (χ1v) is 14.9. The molecule has 220 valence electrons. The van der Waals surface area contributed by atoms with E-state index in [4.69, 9.17) is 24.7 Å². The van der Waals surface area contributed by atoms with Gasteiger partial charge in [-0.2, -0.15) is 0 Å². The average Bonchev–Trinajstić information content (AvgIpc) is 2.96. The second-order valence-electron chi connectivity index (χ2n) is 9.77. The van der Waals surface area contributed by atoms with Crippen LogP contribution in [0.15, 0.2) is 71.8 Å². The number of sulfonamides is 1. The molecule has 11 nitrogen and oxygen atoms in total. The number of nitrogens with two attached hydrogens (primary N) is 1. The Labute approximate surface area is 244 Å². The molecule has 2 heterocycles. The molecule has 1 aromatic heterocycles. The van der Waals surface area contributed by atoms with Crippen LogP contribution in [0.1, 0.15) is 32.4 Å². The molecule has 12 heteroatoms. The van der Waals surface area contributed by atoms with Crippen LogP contribution >= 0.6 is 0 Å². The van der Waals surface area contributed by atoms with Gasteiger partial charge in [-0.05, 0) is 80.3 Å². The molecular weight excluding hydrogens is 560 g/mol. The number of carbonyl (C=O) groups excluding carboxylic acids is 1. The second kappa shape index (κ2) is 12.0. The summed E-state index contributed by atoms with van der Waals surface area (Å²) in [6.07, 6.45) is 1.48. The Hall–Kier alpha value is -4.71. The van der Waals surface area contributed by atoms with E-state index in [0.29, 0.717) is 47.5 Å². The topological polar surface area (TPSA) is 151 Å². The second-order valence-corrected chi connectivity index (χ2v) is 11.4. The van der Waals surface area contributed by atoms with Gasteiger partial charge in [0.25, 0.3) is 15.9 Å². The van der Waals surface area contributed by atoms with Crippen molar-refractivity contribution in [2.45, 2.75) is 37.8 Å². The van der Waals surface area contributed by atoms with Gasteiger partial charge in [-0.1, -0.05) is 12.1 Å². The average molecular weight is 593 g/mol. The number of aromatic nitrogens is 1. The van der Waals surface area contributed by atoms with Gasteiger partial charge in [-0.3, -0.25) is 4.79 Å². The third-order valence-electron chi connectivity index (χ3n) is 6.39. The molecule has 1 unspecified atom stereocenters. The third-order valence-corrected chi connectivity index (χ3v) is 7.76. The fourth-order valence-electron chi connectivity index (χ4n) is 4.59. The highest BCUT2D eigenvalue weighted by Crippen LogP contribution is 2.37. The molecule has 1 aliphatic heterocycles. The zero-order valence-electron chi connectivity index (χ0n) is 23.4. The SMILES string of the molecule is CCOc1cc(C(Nc2ccc3c(N)nccc3c2)C(=O)NS(=O)(=O)c2cccc3c2OCCO3)ccc1OC(C)C. The van der Waals surface area contributed by atoms with E-state index in [1.807, 2.05) is 20.8 Å². The summed E-state index contributed by atoms with van der Waals surface area (Å²) in [5, 5.41) is 4.72. The van der Waals surface area contributed by atoms with E-state index >= 15 is 0 Å². The number of benzene rings is 3. The largest absolute Gasteiger partial charge is 0.490 e. The van der Waals surface area contributed by atoms with Crippen LogP contribution in [0.2, 0.25) is 0 Å². The number of nitrogen functional groups attached to an aromatic ring is 1. The number of nitrogens with one attached hydrogen (secondary N) is 2. The highest BCUT2D eigenvalue weighted by Gasteiger charge is 2.31. The van der Waals surface area contributed by atoms with Gasteiger partial charge < -0.3 is 30.0 Å². The lowest BCUT2D eigenvalue weighted by atomic mass is 10.0. The lowest BCUT2D eigenvalue weighted by Crippen LogP contribution is -2.38. The molecule has 0 aliphatic carbocycles. The Kier molecular flexibility index (Phi) is 8.25. The van der Waals surface area contributed by atoms with Crippen LogP contribution in [0.4, 0.5) is 11.5 Å². The van der Waals surface area contributed by atoms with Crippen LogP contribution < -0.4 is 34.7 Å². The first-order valence-electron chi connectivity index (χ1n) is 13.5. The number of fused-ring (bicyclic) bond motifs is 2. The fourth-order valence-corrected chi connectivity index (χ4v) is 5.74. The smallest absolute Gasteiger partial charge is 0.267 e. The maximum atomic E-state index is 13.8. The Balaban J connectivity index is 1.53. The monoisotopic (exact) mass is 592 g/mol. The molecule has 0 bridgehead atoms. The fraction of sp³-hybridized carbons (Fsp3) is 0.267. The van der Waals surface area contributed by atoms with Crippen molar-refractivity contribution in [3.05, 3.63) is 72.4 Å². The number of carbonyl (C=O) groups is 1. The predicted octanol–water partition coefficient (Wildman–Crippen LogP) is 4.43. The highest BCUT2D eigenvalue weighted by atomic mass is 32.2. The van der Waals surface area contributed by atoms with Crippen molar-refractivity contribution in [2.24, 2.45) is 0 Å². The summed E-state index contributed by atoms with van der Waals surface area (Å²) in [7, 11) is -4.36. The summed E-state index contributed by atoms with van der Waals surface area (Å²) in [5.41, 5.74) is 7.01. The van der Waals surface area contributed by atoms with Crippen molar-refractivity contribution in [3.8, 4) is 23.0 Å². The Morgan fingerprint density at radius 1 is 1.05 bits per heavy atom. The number of amides is 1. The number of rotatable bonds is 10. The molecule has 0 fully saturated rings. The third kappa shape index (κ3) is 6.13. The molecule has 3 aromatic carbocycles. The van der Waals surface area contributed by atoms with Crippen LogP contribution in [-0.4, -0.2) is 45.2 Å². The van der Waals surface area contributed by atoms with Gasteiger partial charge in [0.2, 0.25) is 0 Å². The number of pyridine rings is 1. The number of ether oxygens (including phenoxy) is 4. The van der Waals surface area contributed by atoms with Crippen LogP contribution in [0.25, 0.3) is 10.8 Å². The molecule has 5 rings (SSSR count). The van der Waals surface area contributed by atoms with Gasteiger partial charge in [0.05, 0.1) is 12.7 Å². The zero-order chi connectivity index (χ0) is 29.9. The van der Waals surface area contributed by atoms with Crippen molar-refractivity contribution >= 4 is 38.2 Å². The minimum atomic E-state index is -4.36. The molecule has 1 atom stereocenters. The Morgan fingerprint density at radius 3 is 2.64 bits per heavy atom. The van der Waals surface area contributed by atoms with Crippen LogP contribution in [-0.2, 0) is 14.8 Å². The molecule has 0 radical (unpaired) electrons. The number of para-hydroxylation sites is 1. The molecular formula is C30H32N4O7S. The van der Waals surface area contributed by atoms with Gasteiger partial charge in [0.15, 0.2) is 23.0 Å². The summed E-state index contributed by atoms with van der Waals surface area (Å²) in [6, 6.07) is 15.5. The minimum absolute atomic E-state index is 0.0584.